The van der Waals surface area contributed by atoms with Gasteiger partial charge < -0.3 is 10.6 Å². The molecule has 1 amide bonds. The van der Waals surface area contributed by atoms with Gasteiger partial charge in [0.2, 0.25) is 5.82 Å². The van der Waals surface area contributed by atoms with Crippen LogP contribution in [0.5, 0.6) is 0 Å². The van der Waals surface area contributed by atoms with E-state index >= 15 is 0 Å². The molecule has 140 valence electrons. The summed E-state index contributed by atoms with van der Waals surface area (Å²) in [7, 11) is 0. The van der Waals surface area contributed by atoms with E-state index < -0.39 is 0 Å². The van der Waals surface area contributed by atoms with Crippen molar-refractivity contribution in [2.45, 2.75) is 19.8 Å². The zero-order chi connectivity index (χ0) is 19.9. The van der Waals surface area contributed by atoms with Gasteiger partial charge in [-0.05, 0) is 34.9 Å². The summed E-state index contributed by atoms with van der Waals surface area (Å²) in [5, 5.41) is 28.5. The lowest BCUT2D eigenvalue weighted by molar-refractivity contribution is 0.102. The number of carbonyl (C=O) groups is 1. The number of aromatic nitrogens is 4. The number of amides is 1. The largest absolute Gasteiger partial charge is 0.360 e. The third kappa shape index (κ3) is 4.22. The molecule has 3 N–H and O–H groups in total. The fourth-order valence-corrected chi connectivity index (χ4v) is 2.68. The molecule has 3 rings (SSSR count). The number of aromatic amines is 1. The van der Waals surface area contributed by atoms with Crippen LogP contribution in [0.3, 0.4) is 0 Å². The number of rotatable bonds is 6. The topological polar surface area (TPSA) is 119 Å². The van der Waals surface area contributed by atoms with Crippen molar-refractivity contribution in [3.8, 4) is 6.07 Å². The van der Waals surface area contributed by atoms with Gasteiger partial charge >= 0.3 is 0 Å². The van der Waals surface area contributed by atoms with Gasteiger partial charge in [0.25, 0.3) is 5.91 Å². The highest BCUT2D eigenvalue weighted by Gasteiger charge is 2.14. The Morgan fingerprint density at radius 3 is 2.54 bits per heavy atom. The second kappa shape index (κ2) is 8.60. The summed E-state index contributed by atoms with van der Waals surface area (Å²) in [6.07, 6.45) is 1.44. The van der Waals surface area contributed by atoms with Crippen LogP contribution in [-0.4, -0.2) is 26.5 Å². The van der Waals surface area contributed by atoms with Crippen molar-refractivity contribution in [2.24, 2.45) is 0 Å². The maximum atomic E-state index is 12.9. The number of nitrogens with one attached hydrogen (secondary N) is 3. The smallest absolute Gasteiger partial charge is 0.257 e. The monoisotopic (exact) mass is 373 g/mol. The van der Waals surface area contributed by atoms with Gasteiger partial charge in [0, 0.05) is 11.9 Å². The Hall–Kier alpha value is -3.99. The van der Waals surface area contributed by atoms with E-state index in [2.05, 4.69) is 45.1 Å². The SMILES string of the molecule is CC(C)c1ccccc1NC(=O)c1ccccc1NC=C(C#N)c1nn[nH]n1. The molecule has 0 aliphatic rings. The second-order valence-electron chi connectivity index (χ2n) is 6.29. The van der Waals surface area contributed by atoms with Crippen LogP contribution >= 0.6 is 0 Å². The molecule has 0 fully saturated rings. The highest BCUT2D eigenvalue weighted by molar-refractivity contribution is 6.08. The van der Waals surface area contributed by atoms with Crippen LogP contribution in [-0.2, 0) is 0 Å². The number of H-pyrrole nitrogens is 1. The minimum Gasteiger partial charge on any atom is -0.360 e. The molecule has 0 aliphatic carbocycles. The summed E-state index contributed by atoms with van der Waals surface area (Å²) in [6.45, 7) is 4.15. The van der Waals surface area contributed by atoms with Crippen LogP contribution in [0, 0.1) is 11.3 Å². The first-order valence-electron chi connectivity index (χ1n) is 8.70. The lowest BCUT2D eigenvalue weighted by atomic mass is 10.0. The predicted octanol–water partition coefficient (Wildman–Crippen LogP) is 3.55. The molecular formula is C20H19N7O. The third-order valence-electron chi connectivity index (χ3n) is 4.08. The first-order valence-corrected chi connectivity index (χ1v) is 8.70. The number of carbonyl (C=O) groups excluding carboxylic acids is 1. The lowest BCUT2D eigenvalue weighted by Gasteiger charge is -2.15. The molecule has 1 aromatic heterocycles. The summed E-state index contributed by atoms with van der Waals surface area (Å²) in [4.78, 5) is 12.9. The number of allylic oxidation sites excluding steroid dienone is 1. The highest BCUT2D eigenvalue weighted by atomic mass is 16.1. The standard InChI is InChI=1S/C20H19N7O/c1-13(2)15-7-3-6-10-18(15)23-20(28)16-8-4-5-9-17(16)22-12-14(11-21)19-24-26-27-25-19/h3-10,12-13,22H,1-2H3,(H,23,28)(H,24,25,26,27). The van der Waals surface area contributed by atoms with E-state index in [0.717, 1.165) is 11.3 Å². The number of hydrogen-bond donors (Lipinski definition) is 3. The Bertz CT molecular complexity index is 1030. The Morgan fingerprint density at radius 2 is 1.86 bits per heavy atom. The Morgan fingerprint density at radius 1 is 1.14 bits per heavy atom. The number of benzene rings is 2. The fraction of sp³-hybridized carbons (Fsp3) is 0.150. The van der Waals surface area contributed by atoms with Gasteiger partial charge in [-0.25, -0.2) is 0 Å². The van der Waals surface area contributed by atoms with E-state index in [9.17, 15) is 10.1 Å². The van der Waals surface area contributed by atoms with E-state index in [4.69, 9.17) is 0 Å². The number of tetrazole rings is 1. The summed E-state index contributed by atoms with van der Waals surface area (Å²) < 4.78 is 0. The molecule has 8 nitrogen and oxygen atoms in total. The molecule has 8 heteroatoms. The van der Waals surface area contributed by atoms with Crippen LogP contribution in [0.25, 0.3) is 5.57 Å². The number of hydrogen-bond acceptors (Lipinski definition) is 6. The zero-order valence-corrected chi connectivity index (χ0v) is 15.5. The van der Waals surface area contributed by atoms with Crippen molar-refractivity contribution in [3.63, 3.8) is 0 Å². The quantitative estimate of drug-likeness (QED) is 0.568. The molecule has 1 heterocycles. The van der Waals surface area contributed by atoms with Crippen LogP contribution < -0.4 is 10.6 Å². The van der Waals surface area contributed by atoms with Gasteiger partial charge in [-0.1, -0.05) is 44.2 Å². The molecule has 2 aromatic carbocycles. The number of para-hydroxylation sites is 2. The van der Waals surface area contributed by atoms with Crippen molar-refractivity contribution in [1.82, 2.24) is 20.6 Å². The van der Waals surface area contributed by atoms with Gasteiger partial charge in [0.05, 0.1) is 11.3 Å². The fourth-order valence-electron chi connectivity index (χ4n) is 2.68. The maximum Gasteiger partial charge on any atom is 0.257 e. The average molecular weight is 373 g/mol. The first-order chi connectivity index (χ1) is 13.6. The van der Waals surface area contributed by atoms with Gasteiger partial charge in [-0.3, -0.25) is 4.79 Å². The van der Waals surface area contributed by atoms with Crippen LogP contribution in [0.15, 0.2) is 54.7 Å². The van der Waals surface area contributed by atoms with Gasteiger partial charge in [0.1, 0.15) is 11.6 Å². The third-order valence-corrected chi connectivity index (χ3v) is 4.08. The maximum absolute atomic E-state index is 12.9. The molecule has 0 atom stereocenters. The number of anilines is 2. The normalized spacial score (nSPS) is 11.1. The second-order valence-corrected chi connectivity index (χ2v) is 6.29. The molecule has 0 spiro atoms. The van der Waals surface area contributed by atoms with E-state index in [1.165, 1.54) is 6.20 Å². The molecule has 0 unspecified atom stereocenters. The van der Waals surface area contributed by atoms with Gasteiger partial charge in [-0.15, -0.1) is 10.2 Å². The molecule has 28 heavy (non-hydrogen) atoms. The Kier molecular flexibility index (Phi) is 5.77. The summed E-state index contributed by atoms with van der Waals surface area (Å²) in [5.41, 5.74) is 3.03. The first kappa shape index (κ1) is 18.8. The minimum absolute atomic E-state index is 0.169. The lowest BCUT2D eigenvalue weighted by Crippen LogP contribution is -2.15. The Labute approximate surface area is 162 Å². The predicted molar refractivity (Wildman–Crippen MR) is 106 cm³/mol. The number of nitrogens with zero attached hydrogens (tertiary/aromatic N) is 4. The van der Waals surface area contributed by atoms with E-state index in [-0.39, 0.29) is 23.2 Å². The van der Waals surface area contributed by atoms with Crippen molar-refractivity contribution in [2.75, 3.05) is 10.6 Å². The van der Waals surface area contributed by atoms with Gasteiger partial charge in [-0.2, -0.15) is 10.5 Å². The van der Waals surface area contributed by atoms with Crippen LogP contribution in [0.2, 0.25) is 0 Å². The molecule has 0 aliphatic heterocycles. The van der Waals surface area contributed by atoms with Crippen molar-refractivity contribution >= 4 is 22.9 Å². The molecule has 0 saturated carbocycles. The molecule has 3 aromatic rings. The van der Waals surface area contributed by atoms with Gasteiger partial charge in [0.15, 0.2) is 0 Å². The van der Waals surface area contributed by atoms with E-state index in [1.807, 2.05) is 30.3 Å². The van der Waals surface area contributed by atoms with E-state index in [1.54, 1.807) is 24.3 Å². The molecule has 0 saturated heterocycles. The van der Waals surface area contributed by atoms with E-state index in [0.29, 0.717) is 11.3 Å². The van der Waals surface area contributed by atoms with Crippen molar-refractivity contribution in [1.29, 1.82) is 5.26 Å². The summed E-state index contributed by atoms with van der Waals surface area (Å²) >= 11 is 0. The zero-order valence-electron chi connectivity index (χ0n) is 15.5. The van der Waals surface area contributed by atoms with Crippen LogP contribution in [0.4, 0.5) is 11.4 Å². The van der Waals surface area contributed by atoms with Crippen molar-refractivity contribution < 1.29 is 4.79 Å². The molecule has 0 radical (unpaired) electrons. The Balaban J connectivity index is 1.84. The minimum atomic E-state index is -0.248. The molecular weight excluding hydrogens is 354 g/mol. The summed E-state index contributed by atoms with van der Waals surface area (Å²) in [5.74, 6) is 0.200. The molecule has 0 bridgehead atoms. The van der Waals surface area contributed by atoms with Crippen LogP contribution in [0.1, 0.15) is 41.5 Å². The number of nitriles is 1. The van der Waals surface area contributed by atoms with Crippen molar-refractivity contribution in [3.05, 3.63) is 71.7 Å². The average Bonchev–Trinajstić information content (AvgIpc) is 3.23. The summed E-state index contributed by atoms with van der Waals surface area (Å²) in [6, 6.07) is 16.8. The highest BCUT2D eigenvalue weighted by Crippen LogP contribution is 2.25.